The van der Waals surface area contributed by atoms with Gasteiger partial charge < -0.3 is 5.32 Å². The largest absolute Gasteiger partial charge is 0.302 e. The summed E-state index contributed by atoms with van der Waals surface area (Å²) in [6, 6.07) is 0.766. The molecule has 0 spiro atoms. The maximum atomic E-state index is 5.16. The number of nitrogens with one attached hydrogen (secondary N) is 1. The van der Waals surface area contributed by atoms with Gasteiger partial charge in [-0.1, -0.05) is 13.8 Å². The number of thiazole rings is 1. The molecule has 0 radical (unpaired) electrons. The lowest BCUT2D eigenvalue weighted by Gasteiger charge is -2.44. The van der Waals surface area contributed by atoms with E-state index < -0.39 is 0 Å². The van der Waals surface area contributed by atoms with Crippen LogP contribution >= 0.6 is 11.3 Å². The van der Waals surface area contributed by atoms with Crippen LogP contribution in [-0.4, -0.2) is 11.0 Å². The van der Waals surface area contributed by atoms with Crippen LogP contribution in [-0.2, 0) is 18.4 Å². The summed E-state index contributed by atoms with van der Waals surface area (Å²) >= 11 is 2.04. The molecule has 2 fully saturated rings. The fourth-order valence-electron chi connectivity index (χ4n) is 4.37. The zero-order chi connectivity index (χ0) is 14.4. The van der Waals surface area contributed by atoms with Gasteiger partial charge in [0.15, 0.2) is 0 Å². The van der Waals surface area contributed by atoms with Crippen molar-refractivity contribution in [1.29, 1.82) is 0 Å². The Kier molecular flexibility index (Phi) is 3.61. The Balaban J connectivity index is 1.69. The maximum Gasteiger partial charge on any atom is 0.114 e. The van der Waals surface area contributed by atoms with Gasteiger partial charge in [0.25, 0.3) is 0 Å². The molecule has 3 aliphatic rings. The molecule has 4 rings (SSSR count). The van der Waals surface area contributed by atoms with Crippen LogP contribution in [0, 0.1) is 11.8 Å². The molecular formula is C18H28N2S. The van der Waals surface area contributed by atoms with Crippen LogP contribution in [0.2, 0.25) is 0 Å². The summed E-state index contributed by atoms with van der Waals surface area (Å²) in [5.41, 5.74) is 1.62. The van der Waals surface area contributed by atoms with Crippen molar-refractivity contribution in [3.8, 4) is 0 Å². The van der Waals surface area contributed by atoms with Gasteiger partial charge in [0, 0.05) is 10.9 Å². The summed E-state index contributed by atoms with van der Waals surface area (Å²) in [5.74, 6) is 1.60. The Labute approximate surface area is 132 Å². The SMILES string of the molecule is CC1CCC(NC2CC2)(c2nc3c(s2)CCCC3)C(C)C1. The lowest BCUT2D eigenvalue weighted by atomic mass is 9.70. The quantitative estimate of drug-likeness (QED) is 0.894. The molecule has 2 nitrogen and oxygen atoms in total. The van der Waals surface area contributed by atoms with Crippen molar-refractivity contribution in [2.45, 2.75) is 83.2 Å². The molecule has 0 bridgehead atoms. The first-order valence-corrected chi connectivity index (χ1v) is 9.76. The van der Waals surface area contributed by atoms with Crippen molar-refractivity contribution in [3.63, 3.8) is 0 Å². The lowest BCUT2D eigenvalue weighted by Crippen LogP contribution is -2.51. The second-order valence-corrected chi connectivity index (χ2v) is 8.85. The van der Waals surface area contributed by atoms with Gasteiger partial charge in [-0.05, 0) is 69.6 Å². The van der Waals surface area contributed by atoms with Crippen LogP contribution in [0.5, 0.6) is 0 Å². The molecular weight excluding hydrogens is 276 g/mol. The molecule has 116 valence electrons. The van der Waals surface area contributed by atoms with Crippen molar-refractivity contribution in [1.82, 2.24) is 10.3 Å². The van der Waals surface area contributed by atoms with Crippen molar-refractivity contribution in [3.05, 3.63) is 15.6 Å². The highest BCUT2D eigenvalue weighted by atomic mass is 32.1. The molecule has 0 aromatic carbocycles. The highest BCUT2D eigenvalue weighted by molar-refractivity contribution is 7.11. The molecule has 0 amide bonds. The number of fused-ring (bicyclic) bond motifs is 1. The number of nitrogens with zero attached hydrogens (tertiary/aromatic N) is 1. The van der Waals surface area contributed by atoms with Crippen molar-refractivity contribution in [2.24, 2.45) is 11.8 Å². The average molecular weight is 305 g/mol. The zero-order valence-electron chi connectivity index (χ0n) is 13.5. The number of hydrogen-bond acceptors (Lipinski definition) is 3. The summed E-state index contributed by atoms with van der Waals surface area (Å²) in [6.07, 6.45) is 11.9. The minimum Gasteiger partial charge on any atom is -0.302 e. The summed E-state index contributed by atoms with van der Waals surface area (Å²) < 4.78 is 0. The van der Waals surface area contributed by atoms with Crippen molar-refractivity contribution in [2.75, 3.05) is 0 Å². The van der Waals surface area contributed by atoms with Gasteiger partial charge in [-0.25, -0.2) is 4.98 Å². The third kappa shape index (κ3) is 2.57. The van der Waals surface area contributed by atoms with E-state index in [-0.39, 0.29) is 5.54 Å². The Hall–Kier alpha value is -0.410. The van der Waals surface area contributed by atoms with Gasteiger partial charge in [0.1, 0.15) is 5.01 Å². The topological polar surface area (TPSA) is 24.9 Å². The molecule has 3 heteroatoms. The number of hydrogen-bond donors (Lipinski definition) is 1. The van der Waals surface area contributed by atoms with E-state index in [2.05, 4.69) is 19.2 Å². The monoisotopic (exact) mass is 304 g/mol. The molecule has 3 aliphatic carbocycles. The highest BCUT2D eigenvalue weighted by Gasteiger charge is 2.47. The summed E-state index contributed by atoms with van der Waals surface area (Å²) in [4.78, 5) is 6.76. The smallest absolute Gasteiger partial charge is 0.114 e. The van der Waals surface area contributed by atoms with E-state index in [0.29, 0.717) is 0 Å². The zero-order valence-corrected chi connectivity index (χ0v) is 14.3. The van der Waals surface area contributed by atoms with E-state index in [0.717, 1.165) is 17.9 Å². The predicted octanol–water partition coefficient (Wildman–Crippen LogP) is 4.43. The molecule has 3 unspecified atom stereocenters. The van der Waals surface area contributed by atoms with Crippen LogP contribution in [0.25, 0.3) is 0 Å². The number of rotatable bonds is 3. The van der Waals surface area contributed by atoms with E-state index in [1.165, 1.54) is 68.5 Å². The maximum absolute atomic E-state index is 5.16. The Morgan fingerprint density at radius 2 is 1.95 bits per heavy atom. The minimum absolute atomic E-state index is 0.190. The van der Waals surface area contributed by atoms with Gasteiger partial charge in [0.2, 0.25) is 0 Å². The normalized spacial score (nSPS) is 36.5. The predicted molar refractivity (Wildman–Crippen MR) is 88.8 cm³/mol. The van der Waals surface area contributed by atoms with Crippen LogP contribution in [0.4, 0.5) is 0 Å². The summed E-state index contributed by atoms with van der Waals surface area (Å²) in [6.45, 7) is 4.88. The van der Waals surface area contributed by atoms with Gasteiger partial charge in [-0.15, -0.1) is 11.3 Å². The molecule has 0 aliphatic heterocycles. The first kappa shape index (κ1) is 14.2. The first-order chi connectivity index (χ1) is 10.2. The third-order valence-electron chi connectivity index (χ3n) is 5.89. The Bertz CT molecular complexity index is 496. The van der Waals surface area contributed by atoms with Crippen LogP contribution in [0.3, 0.4) is 0 Å². The molecule has 21 heavy (non-hydrogen) atoms. The van der Waals surface area contributed by atoms with E-state index in [4.69, 9.17) is 4.98 Å². The lowest BCUT2D eigenvalue weighted by molar-refractivity contribution is 0.119. The standard InChI is InChI=1S/C18H28N2S/c1-12-9-10-18(13(2)11-12,20-14-7-8-14)17-19-15-5-3-4-6-16(15)21-17/h12-14,20H,3-11H2,1-2H3. The highest BCUT2D eigenvalue weighted by Crippen LogP contribution is 2.47. The van der Waals surface area contributed by atoms with Crippen LogP contribution in [0.1, 0.15) is 74.4 Å². The average Bonchev–Trinajstić information content (AvgIpc) is 3.17. The summed E-state index contributed by atoms with van der Waals surface area (Å²) in [7, 11) is 0. The van der Waals surface area contributed by atoms with Crippen LogP contribution in [0.15, 0.2) is 0 Å². The second-order valence-electron chi connectivity index (χ2n) is 7.77. The molecule has 2 saturated carbocycles. The molecule has 1 N–H and O–H groups in total. The van der Waals surface area contributed by atoms with Gasteiger partial charge in [-0.2, -0.15) is 0 Å². The number of aromatic nitrogens is 1. The van der Waals surface area contributed by atoms with E-state index >= 15 is 0 Å². The van der Waals surface area contributed by atoms with E-state index in [9.17, 15) is 0 Å². The molecule has 3 atom stereocenters. The Morgan fingerprint density at radius 3 is 2.67 bits per heavy atom. The van der Waals surface area contributed by atoms with Crippen molar-refractivity contribution >= 4 is 11.3 Å². The molecule has 1 aromatic rings. The second kappa shape index (κ2) is 5.34. The van der Waals surface area contributed by atoms with Crippen molar-refractivity contribution < 1.29 is 0 Å². The van der Waals surface area contributed by atoms with E-state index in [1.807, 2.05) is 11.3 Å². The summed E-state index contributed by atoms with van der Waals surface area (Å²) in [5, 5.41) is 5.48. The number of aryl methyl sites for hydroxylation is 2. The van der Waals surface area contributed by atoms with Gasteiger partial charge in [-0.3, -0.25) is 0 Å². The van der Waals surface area contributed by atoms with Gasteiger partial charge >= 0.3 is 0 Å². The molecule has 1 aromatic heterocycles. The Morgan fingerprint density at radius 1 is 1.14 bits per heavy atom. The molecule has 0 saturated heterocycles. The first-order valence-electron chi connectivity index (χ1n) is 8.94. The fourth-order valence-corrected chi connectivity index (χ4v) is 5.82. The molecule has 1 heterocycles. The van der Waals surface area contributed by atoms with E-state index in [1.54, 1.807) is 4.88 Å². The third-order valence-corrected chi connectivity index (χ3v) is 7.23. The fraction of sp³-hybridized carbons (Fsp3) is 0.833. The minimum atomic E-state index is 0.190. The van der Waals surface area contributed by atoms with Crippen LogP contribution < -0.4 is 5.32 Å². The van der Waals surface area contributed by atoms with Gasteiger partial charge in [0.05, 0.1) is 11.2 Å².